The summed E-state index contributed by atoms with van der Waals surface area (Å²) in [4.78, 5) is 6.69. The minimum atomic E-state index is -3.40. The molecule has 4 rings (SSSR count). The fourth-order valence-corrected chi connectivity index (χ4v) is 7.35. The quantitative estimate of drug-likeness (QED) is 0.801. The first kappa shape index (κ1) is 17.9. The van der Waals surface area contributed by atoms with Gasteiger partial charge >= 0.3 is 0 Å². The number of hydrogen-bond donors (Lipinski definition) is 0. The van der Waals surface area contributed by atoms with Gasteiger partial charge < -0.3 is 0 Å². The molecule has 0 saturated carbocycles. The first-order chi connectivity index (χ1) is 12.4. The number of thiazole rings is 1. The summed E-state index contributed by atoms with van der Waals surface area (Å²) in [6.07, 6.45) is 3.12. The molecule has 0 bridgehead atoms. The molecule has 0 radical (unpaired) electrons. The van der Waals surface area contributed by atoms with Crippen LogP contribution in [-0.2, 0) is 21.3 Å². The average Bonchev–Trinajstić information content (AvgIpc) is 3.18. The van der Waals surface area contributed by atoms with Crippen LogP contribution in [0.25, 0.3) is 0 Å². The number of aromatic nitrogens is 1. The van der Waals surface area contributed by atoms with E-state index in [9.17, 15) is 8.42 Å². The highest BCUT2D eigenvalue weighted by molar-refractivity contribution is 7.94. The van der Waals surface area contributed by atoms with Crippen molar-refractivity contribution in [3.8, 4) is 0 Å². The third kappa shape index (κ3) is 2.77. The van der Waals surface area contributed by atoms with Crippen LogP contribution in [0.5, 0.6) is 0 Å². The van der Waals surface area contributed by atoms with Crippen LogP contribution >= 0.6 is 11.3 Å². The van der Waals surface area contributed by atoms with E-state index in [4.69, 9.17) is 0 Å². The highest BCUT2D eigenvalue weighted by Gasteiger charge is 2.56. The molecule has 7 heteroatoms. The molecule has 26 heavy (non-hydrogen) atoms. The average molecular weight is 392 g/mol. The Bertz CT molecular complexity index is 870. The van der Waals surface area contributed by atoms with Crippen LogP contribution in [0.1, 0.15) is 37.3 Å². The SMILES string of the molecule is CC(C)CN1c2ccccc2C2(CCN(Cc3nccs3)CC2)S1(=O)=O. The molecule has 2 aliphatic heterocycles. The van der Waals surface area contributed by atoms with E-state index < -0.39 is 14.8 Å². The van der Waals surface area contributed by atoms with Crippen molar-refractivity contribution in [2.75, 3.05) is 23.9 Å². The van der Waals surface area contributed by atoms with Gasteiger partial charge in [0.05, 0.1) is 12.2 Å². The van der Waals surface area contributed by atoms with E-state index in [1.807, 2.05) is 35.8 Å². The third-order valence-corrected chi connectivity index (χ3v) is 8.79. The van der Waals surface area contributed by atoms with Crippen molar-refractivity contribution in [3.05, 3.63) is 46.4 Å². The lowest BCUT2D eigenvalue weighted by Gasteiger charge is -2.38. The maximum Gasteiger partial charge on any atom is 0.245 e. The van der Waals surface area contributed by atoms with Crippen LogP contribution < -0.4 is 4.31 Å². The predicted molar refractivity (Wildman–Crippen MR) is 106 cm³/mol. The van der Waals surface area contributed by atoms with Crippen molar-refractivity contribution >= 4 is 27.0 Å². The fourth-order valence-electron chi connectivity index (χ4n) is 4.21. The van der Waals surface area contributed by atoms with E-state index in [1.165, 1.54) is 0 Å². The van der Waals surface area contributed by atoms with Gasteiger partial charge in [-0.2, -0.15) is 0 Å². The van der Waals surface area contributed by atoms with E-state index in [0.29, 0.717) is 19.4 Å². The van der Waals surface area contributed by atoms with Crippen LogP contribution in [0.2, 0.25) is 0 Å². The molecule has 1 aromatic carbocycles. The Morgan fingerprint density at radius 1 is 1.23 bits per heavy atom. The number of benzene rings is 1. The summed E-state index contributed by atoms with van der Waals surface area (Å²) in [5.74, 6) is 0.290. The van der Waals surface area contributed by atoms with Gasteiger partial charge in [0, 0.05) is 31.2 Å². The standard InChI is InChI=1S/C19H25N3O2S2/c1-15(2)13-22-17-6-4-3-5-16(17)19(26(22,23)24)7-10-21(11-8-19)14-18-20-9-12-25-18/h3-6,9,12,15H,7-8,10-11,13-14H2,1-2H3. The van der Waals surface area contributed by atoms with Gasteiger partial charge in [-0.05, 0) is 30.4 Å². The number of rotatable bonds is 4. The largest absolute Gasteiger partial charge is 0.297 e. The monoisotopic (exact) mass is 391 g/mol. The summed E-state index contributed by atoms with van der Waals surface area (Å²) in [5, 5.41) is 3.08. The van der Waals surface area contributed by atoms with E-state index in [1.54, 1.807) is 15.6 Å². The van der Waals surface area contributed by atoms with Gasteiger partial charge in [0.1, 0.15) is 9.75 Å². The van der Waals surface area contributed by atoms with Crippen molar-refractivity contribution in [2.45, 2.75) is 38.0 Å². The molecule has 0 aliphatic carbocycles. The Morgan fingerprint density at radius 2 is 1.96 bits per heavy atom. The molecule has 1 aromatic heterocycles. The highest BCUT2D eigenvalue weighted by Crippen LogP contribution is 2.52. The van der Waals surface area contributed by atoms with E-state index in [-0.39, 0.29) is 5.92 Å². The van der Waals surface area contributed by atoms with E-state index in [0.717, 1.165) is 35.9 Å². The molecule has 0 N–H and O–H groups in total. The molecule has 1 fully saturated rings. The maximum absolute atomic E-state index is 13.6. The van der Waals surface area contributed by atoms with Crippen molar-refractivity contribution in [2.24, 2.45) is 5.92 Å². The molecule has 0 atom stereocenters. The summed E-state index contributed by atoms with van der Waals surface area (Å²) in [5.41, 5.74) is 1.88. The highest BCUT2D eigenvalue weighted by atomic mass is 32.2. The summed E-state index contributed by atoms with van der Waals surface area (Å²) in [7, 11) is -3.40. The molecular weight excluding hydrogens is 366 g/mol. The number of hydrogen-bond acceptors (Lipinski definition) is 5. The normalized spacial score (nSPS) is 21.4. The van der Waals surface area contributed by atoms with Crippen LogP contribution in [0, 0.1) is 5.92 Å². The lowest BCUT2D eigenvalue weighted by molar-refractivity contribution is 0.189. The molecule has 2 aromatic rings. The first-order valence-electron chi connectivity index (χ1n) is 9.16. The lowest BCUT2D eigenvalue weighted by Crippen LogP contribution is -2.48. The molecule has 1 spiro atoms. The Balaban J connectivity index is 1.64. The van der Waals surface area contributed by atoms with Crippen LogP contribution in [0.4, 0.5) is 5.69 Å². The van der Waals surface area contributed by atoms with Gasteiger partial charge in [-0.3, -0.25) is 9.21 Å². The smallest absolute Gasteiger partial charge is 0.245 e. The van der Waals surface area contributed by atoms with Gasteiger partial charge in [0.2, 0.25) is 10.0 Å². The predicted octanol–water partition coefficient (Wildman–Crippen LogP) is 3.44. The Morgan fingerprint density at radius 3 is 2.62 bits per heavy atom. The second-order valence-electron chi connectivity index (χ2n) is 7.64. The maximum atomic E-state index is 13.6. The Hall–Kier alpha value is -1.44. The van der Waals surface area contributed by atoms with Gasteiger partial charge in [0.25, 0.3) is 0 Å². The van der Waals surface area contributed by atoms with E-state index in [2.05, 4.69) is 23.7 Å². The van der Waals surface area contributed by atoms with Crippen molar-refractivity contribution < 1.29 is 8.42 Å². The zero-order chi connectivity index (χ0) is 18.4. The number of fused-ring (bicyclic) bond motifs is 2. The Kier molecular flexibility index (Phi) is 4.57. The molecule has 5 nitrogen and oxygen atoms in total. The molecule has 1 saturated heterocycles. The molecule has 140 valence electrons. The van der Waals surface area contributed by atoms with Crippen molar-refractivity contribution in [1.29, 1.82) is 0 Å². The number of sulfonamides is 1. The third-order valence-electron chi connectivity index (χ3n) is 5.48. The fraction of sp³-hybridized carbons (Fsp3) is 0.526. The molecule has 3 heterocycles. The zero-order valence-corrected chi connectivity index (χ0v) is 16.9. The number of piperidine rings is 1. The van der Waals surface area contributed by atoms with Crippen LogP contribution in [0.3, 0.4) is 0 Å². The molecule has 0 amide bonds. The number of nitrogens with zero attached hydrogens (tertiary/aromatic N) is 3. The van der Waals surface area contributed by atoms with Gasteiger partial charge in [-0.1, -0.05) is 32.0 Å². The second-order valence-corrected chi connectivity index (χ2v) is 10.8. The number of anilines is 1. The van der Waals surface area contributed by atoms with Crippen molar-refractivity contribution in [3.63, 3.8) is 0 Å². The minimum absolute atomic E-state index is 0.290. The Labute approximate surface area is 159 Å². The lowest BCUT2D eigenvalue weighted by atomic mass is 9.87. The summed E-state index contributed by atoms with van der Waals surface area (Å²) in [6, 6.07) is 7.89. The first-order valence-corrected chi connectivity index (χ1v) is 11.5. The van der Waals surface area contributed by atoms with Gasteiger partial charge in [0.15, 0.2) is 0 Å². The molecule has 0 unspecified atom stereocenters. The summed E-state index contributed by atoms with van der Waals surface area (Å²) < 4.78 is 28.1. The number of likely N-dealkylation sites (tertiary alicyclic amines) is 1. The topological polar surface area (TPSA) is 53.5 Å². The van der Waals surface area contributed by atoms with Gasteiger partial charge in [-0.15, -0.1) is 11.3 Å². The molecule has 2 aliphatic rings. The molecular formula is C19H25N3O2S2. The second kappa shape index (κ2) is 6.62. The van der Waals surface area contributed by atoms with Crippen LogP contribution in [-0.4, -0.2) is 37.9 Å². The summed E-state index contributed by atoms with van der Waals surface area (Å²) in [6.45, 7) is 7.06. The number of para-hydroxylation sites is 1. The van der Waals surface area contributed by atoms with E-state index >= 15 is 0 Å². The zero-order valence-electron chi connectivity index (χ0n) is 15.3. The summed E-state index contributed by atoms with van der Waals surface area (Å²) >= 11 is 1.66. The van der Waals surface area contributed by atoms with Gasteiger partial charge in [-0.25, -0.2) is 13.4 Å². The minimum Gasteiger partial charge on any atom is -0.297 e. The van der Waals surface area contributed by atoms with Crippen molar-refractivity contribution in [1.82, 2.24) is 9.88 Å². The van der Waals surface area contributed by atoms with Crippen LogP contribution in [0.15, 0.2) is 35.8 Å².